The Bertz CT molecular complexity index is 299. The first kappa shape index (κ1) is 19.9. The van der Waals surface area contributed by atoms with Gasteiger partial charge in [0.25, 0.3) is 0 Å². The van der Waals surface area contributed by atoms with E-state index < -0.39 is 24.6 Å². The van der Waals surface area contributed by atoms with Crippen molar-refractivity contribution in [2.75, 3.05) is 26.4 Å². The minimum Gasteiger partial charge on any atom is -0.465 e. The molecular weight excluding hydrogens is 276 g/mol. The van der Waals surface area contributed by atoms with Gasteiger partial charge in [-0.1, -0.05) is 26.7 Å². The molecule has 124 valence electrons. The third-order valence-corrected chi connectivity index (χ3v) is 3.19. The van der Waals surface area contributed by atoms with E-state index in [9.17, 15) is 19.8 Å². The molecule has 21 heavy (non-hydrogen) atoms. The molecule has 6 nitrogen and oxygen atoms in total. The van der Waals surface area contributed by atoms with Crippen molar-refractivity contribution in [1.29, 1.82) is 0 Å². The van der Waals surface area contributed by atoms with Crippen molar-refractivity contribution in [3.8, 4) is 0 Å². The van der Waals surface area contributed by atoms with Gasteiger partial charge in [0.05, 0.1) is 18.6 Å². The van der Waals surface area contributed by atoms with Crippen LogP contribution in [0.3, 0.4) is 0 Å². The highest BCUT2D eigenvalue weighted by atomic mass is 16.5. The third-order valence-electron chi connectivity index (χ3n) is 3.19. The number of aliphatic hydroxyl groups excluding tert-OH is 2. The largest absolute Gasteiger partial charge is 0.465 e. The quantitative estimate of drug-likeness (QED) is 0.418. The van der Waals surface area contributed by atoms with Gasteiger partial charge in [-0.15, -0.1) is 0 Å². The van der Waals surface area contributed by atoms with Crippen molar-refractivity contribution >= 4 is 11.9 Å². The van der Waals surface area contributed by atoms with Crippen molar-refractivity contribution in [3.63, 3.8) is 0 Å². The van der Waals surface area contributed by atoms with Crippen LogP contribution in [-0.2, 0) is 19.1 Å². The molecule has 0 aliphatic rings. The Labute approximate surface area is 126 Å². The fourth-order valence-corrected chi connectivity index (χ4v) is 1.61. The maximum atomic E-state index is 11.5. The van der Waals surface area contributed by atoms with E-state index in [4.69, 9.17) is 9.47 Å². The number of carbonyl (C=O) groups excluding carboxylic acids is 2. The van der Waals surface area contributed by atoms with E-state index in [2.05, 4.69) is 0 Å². The first-order valence-corrected chi connectivity index (χ1v) is 7.56. The van der Waals surface area contributed by atoms with Crippen LogP contribution in [0.25, 0.3) is 0 Å². The number of ether oxygens (including phenoxy) is 2. The first-order valence-electron chi connectivity index (χ1n) is 7.56. The summed E-state index contributed by atoms with van der Waals surface area (Å²) in [7, 11) is 0. The summed E-state index contributed by atoms with van der Waals surface area (Å²) in [5.41, 5.74) is -1.14. The van der Waals surface area contributed by atoms with Crippen LogP contribution in [-0.4, -0.2) is 48.6 Å². The van der Waals surface area contributed by atoms with Crippen LogP contribution >= 0.6 is 0 Å². The third kappa shape index (κ3) is 8.67. The molecule has 6 heteroatoms. The number of carbonyl (C=O) groups is 2. The molecule has 0 heterocycles. The van der Waals surface area contributed by atoms with Gasteiger partial charge < -0.3 is 19.7 Å². The van der Waals surface area contributed by atoms with Gasteiger partial charge in [0.2, 0.25) is 0 Å². The maximum Gasteiger partial charge on any atom is 0.305 e. The number of esters is 2. The van der Waals surface area contributed by atoms with Gasteiger partial charge in [-0.25, -0.2) is 0 Å². The lowest BCUT2D eigenvalue weighted by Gasteiger charge is -2.28. The molecule has 0 aliphatic heterocycles. The van der Waals surface area contributed by atoms with Crippen LogP contribution in [0.2, 0.25) is 0 Å². The fourth-order valence-electron chi connectivity index (χ4n) is 1.61. The zero-order valence-corrected chi connectivity index (χ0v) is 13.1. The Balaban J connectivity index is 4.25. The predicted octanol–water partition coefficient (Wildman–Crippen LogP) is 1.42. The number of rotatable bonds is 12. The lowest BCUT2D eigenvalue weighted by atomic mass is 9.92. The Morgan fingerprint density at radius 2 is 1.38 bits per heavy atom. The van der Waals surface area contributed by atoms with Crippen LogP contribution in [0.15, 0.2) is 0 Å². The summed E-state index contributed by atoms with van der Waals surface area (Å²) < 4.78 is 10.1. The molecule has 0 saturated carbocycles. The highest BCUT2D eigenvalue weighted by Gasteiger charge is 2.32. The van der Waals surface area contributed by atoms with E-state index in [0.717, 1.165) is 19.3 Å². The molecule has 0 amide bonds. The summed E-state index contributed by atoms with van der Waals surface area (Å²) in [6.45, 7) is 2.71. The molecular formula is C15H28O6. The second-order valence-electron chi connectivity index (χ2n) is 5.34. The standard InChI is InChI=1S/C15H28O6/c1-3-5-6-8-14(19)21-12-15(9-16,10-17)11-20-13(18)7-4-2/h16-17H,3-12H2,1-2H3. The van der Waals surface area contributed by atoms with Gasteiger partial charge in [0.1, 0.15) is 13.2 Å². The van der Waals surface area contributed by atoms with Gasteiger partial charge in [-0.2, -0.15) is 0 Å². The van der Waals surface area contributed by atoms with Crippen LogP contribution < -0.4 is 0 Å². The minimum atomic E-state index is -1.14. The van der Waals surface area contributed by atoms with E-state index in [1.54, 1.807) is 0 Å². The Kier molecular flexibility index (Phi) is 10.9. The molecule has 0 rings (SSSR count). The molecule has 0 aromatic heterocycles. The molecule has 0 fully saturated rings. The van der Waals surface area contributed by atoms with E-state index in [1.807, 2.05) is 13.8 Å². The molecule has 0 radical (unpaired) electrons. The lowest BCUT2D eigenvalue weighted by Crippen LogP contribution is -2.41. The van der Waals surface area contributed by atoms with Crippen molar-refractivity contribution < 1.29 is 29.3 Å². The van der Waals surface area contributed by atoms with Crippen molar-refractivity contribution in [2.24, 2.45) is 5.41 Å². The summed E-state index contributed by atoms with van der Waals surface area (Å²) in [6.07, 6.45) is 3.98. The fraction of sp³-hybridized carbons (Fsp3) is 0.867. The highest BCUT2D eigenvalue weighted by Crippen LogP contribution is 2.18. The molecule has 0 bridgehead atoms. The van der Waals surface area contributed by atoms with Crippen molar-refractivity contribution in [2.45, 2.75) is 52.4 Å². The molecule has 0 aromatic rings. The van der Waals surface area contributed by atoms with Gasteiger partial charge in [-0.3, -0.25) is 9.59 Å². The second kappa shape index (κ2) is 11.5. The SMILES string of the molecule is CCCCCC(=O)OCC(CO)(CO)COC(=O)CCC. The molecule has 0 unspecified atom stereocenters. The number of aliphatic hydroxyl groups is 2. The number of hydrogen-bond donors (Lipinski definition) is 2. The monoisotopic (exact) mass is 304 g/mol. The Morgan fingerprint density at radius 3 is 1.81 bits per heavy atom. The van der Waals surface area contributed by atoms with Gasteiger partial charge in [0.15, 0.2) is 0 Å². The van der Waals surface area contributed by atoms with Crippen LogP contribution in [0.4, 0.5) is 0 Å². The molecule has 0 atom stereocenters. The molecule has 0 spiro atoms. The minimum absolute atomic E-state index is 0.162. The van der Waals surface area contributed by atoms with Crippen LogP contribution in [0.1, 0.15) is 52.4 Å². The predicted molar refractivity (Wildman–Crippen MR) is 77.6 cm³/mol. The molecule has 0 saturated heterocycles. The van der Waals surface area contributed by atoms with Crippen molar-refractivity contribution in [1.82, 2.24) is 0 Å². The lowest BCUT2D eigenvalue weighted by molar-refractivity contribution is -0.159. The smallest absolute Gasteiger partial charge is 0.305 e. The zero-order chi connectivity index (χ0) is 16.1. The van der Waals surface area contributed by atoms with Crippen LogP contribution in [0.5, 0.6) is 0 Å². The summed E-state index contributed by atoms with van der Waals surface area (Å²) >= 11 is 0. The van der Waals surface area contributed by atoms with E-state index in [0.29, 0.717) is 12.8 Å². The van der Waals surface area contributed by atoms with Crippen LogP contribution in [0, 0.1) is 5.41 Å². The van der Waals surface area contributed by atoms with Gasteiger partial charge in [0, 0.05) is 12.8 Å². The number of unbranched alkanes of at least 4 members (excludes halogenated alkanes) is 2. The summed E-state index contributed by atoms with van der Waals surface area (Å²) in [4.78, 5) is 22.9. The summed E-state index contributed by atoms with van der Waals surface area (Å²) in [5.74, 6) is -0.757. The average molecular weight is 304 g/mol. The van der Waals surface area contributed by atoms with E-state index in [-0.39, 0.29) is 25.6 Å². The van der Waals surface area contributed by atoms with E-state index >= 15 is 0 Å². The normalized spacial score (nSPS) is 11.2. The molecule has 0 aromatic carbocycles. The summed E-state index contributed by atoms with van der Waals surface area (Å²) in [6, 6.07) is 0. The maximum absolute atomic E-state index is 11.5. The van der Waals surface area contributed by atoms with Gasteiger partial charge in [-0.05, 0) is 12.8 Å². The topological polar surface area (TPSA) is 93.1 Å². The zero-order valence-electron chi connectivity index (χ0n) is 13.1. The second-order valence-corrected chi connectivity index (χ2v) is 5.34. The van der Waals surface area contributed by atoms with E-state index in [1.165, 1.54) is 0 Å². The number of hydrogen-bond acceptors (Lipinski definition) is 6. The molecule has 0 aliphatic carbocycles. The Hall–Kier alpha value is -1.14. The highest BCUT2D eigenvalue weighted by molar-refractivity contribution is 5.69. The molecule has 2 N–H and O–H groups in total. The average Bonchev–Trinajstić information content (AvgIpc) is 2.49. The Morgan fingerprint density at radius 1 is 0.857 bits per heavy atom. The van der Waals surface area contributed by atoms with Crippen molar-refractivity contribution in [3.05, 3.63) is 0 Å². The van der Waals surface area contributed by atoms with Gasteiger partial charge >= 0.3 is 11.9 Å². The first-order chi connectivity index (χ1) is 10.0. The summed E-state index contributed by atoms with van der Waals surface area (Å²) in [5, 5.41) is 18.8.